The number of likely N-dealkylation sites (tertiary alicyclic amines) is 1. The molecular weight excluding hydrogens is 567 g/mol. The summed E-state index contributed by atoms with van der Waals surface area (Å²) in [5, 5.41) is 0. The fraction of sp³-hybridized carbons (Fsp3) is 0.438. The molecule has 0 atom stereocenters. The zero-order valence-corrected chi connectivity index (χ0v) is 25.2. The van der Waals surface area contributed by atoms with Crippen LogP contribution in [-0.2, 0) is 29.0 Å². The molecule has 0 spiro atoms. The van der Waals surface area contributed by atoms with Crippen LogP contribution >= 0.6 is 0 Å². The van der Waals surface area contributed by atoms with E-state index in [0.29, 0.717) is 48.0 Å². The Balaban J connectivity index is 1.15. The van der Waals surface area contributed by atoms with E-state index in [0.717, 1.165) is 50.1 Å². The van der Waals surface area contributed by atoms with Crippen molar-refractivity contribution in [1.82, 2.24) is 24.4 Å². The summed E-state index contributed by atoms with van der Waals surface area (Å²) in [7, 11) is 1.38. The maximum atomic E-state index is 15.2. The lowest BCUT2D eigenvalue weighted by Crippen LogP contribution is -2.35. The number of hydrogen-bond acceptors (Lipinski definition) is 9. The van der Waals surface area contributed by atoms with Crippen molar-refractivity contribution in [3.63, 3.8) is 0 Å². The average molecular weight is 607 g/mol. The zero-order valence-electron chi connectivity index (χ0n) is 25.2. The number of nitrogen functional groups attached to an aromatic ring is 1. The van der Waals surface area contributed by atoms with Gasteiger partial charge < -0.3 is 24.9 Å². The predicted octanol–water partition coefficient (Wildman–Crippen LogP) is 4.07. The topological polar surface area (TPSA) is 138 Å². The SMILES string of the molecule is CCCCOc1nc(N)c2[nH]c(=O)n(Cc3ccc(CN4CCC(COc5cccc(CC(=O)OC)c5)CC4)c(F)c3)c2n1. The number of aromatic nitrogens is 4. The summed E-state index contributed by atoms with van der Waals surface area (Å²) in [6.07, 6.45) is 3.90. The molecule has 1 aliphatic heterocycles. The number of ether oxygens (including phenoxy) is 3. The largest absolute Gasteiger partial charge is 0.493 e. The summed E-state index contributed by atoms with van der Waals surface area (Å²) in [6, 6.07) is 12.7. The van der Waals surface area contributed by atoms with Gasteiger partial charge in [0.25, 0.3) is 0 Å². The molecule has 0 radical (unpaired) electrons. The van der Waals surface area contributed by atoms with E-state index in [-0.39, 0.29) is 36.6 Å². The van der Waals surface area contributed by atoms with Crippen molar-refractivity contribution in [2.75, 3.05) is 39.1 Å². The third-order valence-electron chi connectivity index (χ3n) is 7.88. The Kier molecular flexibility index (Phi) is 10.1. The Hall–Kier alpha value is -4.45. The number of methoxy groups -OCH3 is 1. The van der Waals surface area contributed by atoms with Gasteiger partial charge >= 0.3 is 17.7 Å². The van der Waals surface area contributed by atoms with Crippen LogP contribution in [0.2, 0.25) is 0 Å². The summed E-state index contributed by atoms with van der Waals surface area (Å²) < 4.78 is 33.0. The fourth-order valence-electron chi connectivity index (χ4n) is 5.30. The summed E-state index contributed by atoms with van der Waals surface area (Å²) in [5.74, 6) is 0.660. The fourth-order valence-corrected chi connectivity index (χ4v) is 5.30. The monoisotopic (exact) mass is 606 g/mol. The Bertz CT molecular complexity index is 1650. The molecule has 0 unspecified atom stereocenters. The molecule has 1 fully saturated rings. The minimum absolute atomic E-state index is 0.109. The van der Waals surface area contributed by atoms with Crippen molar-refractivity contribution in [3.05, 3.63) is 75.5 Å². The Morgan fingerprint density at radius 3 is 2.66 bits per heavy atom. The van der Waals surface area contributed by atoms with Crippen LogP contribution in [0.1, 0.15) is 49.3 Å². The van der Waals surface area contributed by atoms with Crippen molar-refractivity contribution in [3.8, 4) is 11.8 Å². The first-order valence-electron chi connectivity index (χ1n) is 15.0. The van der Waals surface area contributed by atoms with Gasteiger partial charge in [-0.3, -0.25) is 14.3 Å². The molecule has 12 heteroatoms. The number of piperidine rings is 1. The molecular formula is C32H39FN6O5. The van der Waals surface area contributed by atoms with Crippen molar-refractivity contribution in [2.45, 2.75) is 52.1 Å². The second-order valence-corrected chi connectivity index (χ2v) is 11.2. The molecule has 234 valence electrons. The molecule has 5 rings (SSSR count). The number of rotatable bonds is 13. The third-order valence-corrected chi connectivity index (χ3v) is 7.88. The highest BCUT2D eigenvalue weighted by Crippen LogP contribution is 2.24. The van der Waals surface area contributed by atoms with Gasteiger partial charge in [-0.05, 0) is 67.6 Å². The first-order chi connectivity index (χ1) is 21.3. The number of anilines is 1. The van der Waals surface area contributed by atoms with Crippen LogP contribution in [0.5, 0.6) is 11.8 Å². The normalized spacial score (nSPS) is 14.2. The number of esters is 1. The van der Waals surface area contributed by atoms with E-state index in [9.17, 15) is 9.59 Å². The van der Waals surface area contributed by atoms with E-state index < -0.39 is 5.69 Å². The van der Waals surface area contributed by atoms with E-state index in [1.54, 1.807) is 6.07 Å². The van der Waals surface area contributed by atoms with Crippen molar-refractivity contribution in [1.29, 1.82) is 0 Å². The van der Waals surface area contributed by atoms with E-state index in [2.05, 4.69) is 26.8 Å². The molecule has 0 aliphatic carbocycles. The van der Waals surface area contributed by atoms with Crippen LogP contribution in [0.25, 0.3) is 11.2 Å². The van der Waals surface area contributed by atoms with Crippen LogP contribution in [0.3, 0.4) is 0 Å². The quantitative estimate of drug-likeness (QED) is 0.170. The number of halogens is 1. The molecule has 1 saturated heterocycles. The lowest BCUT2D eigenvalue weighted by atomic mass is 9.97. The van der Waals surface area contributed by atoms with Gasteiger partial charge in [0.05, 0.1) is 33.3 Å². The van der Waals surface area contributed by atoms with Crippen LogP contribution in [0.15, 0.2) is 47.3 Å². The number of unbranched alkanes of at least 4 members (excludes halogenated alkanes) is 1. The molecule has 2 aromatic heterocycles. The first kappa shape index (κ1) is 31.0. The van der Waals surface area contributed by atoms with Crippen LogP contribution < -0.4 is 20.9 Å². The summed E-state index contributed by atoms with van der Waals surface area (Å²) >= 11 is 0. The summed E-state index contributed by atoms with van der Waals surface area (Å²) in [6.45, 7) is 5.40. The van der Waals surface area contributed by atoms with Gasteiger partial charge in [0.2, 0.25) is 0 Å². The highest BCUT2D eigenvalue weighted by molar-refractivity contribution is 5.82. The molecule has 1 aliphatic rings. The Morgan fingerprint density at radius 1 is 1.09 bits per heavy atom. The lowest BCUT2D eigenvalue weighted by molar-refractivity contribution is -0.139. The van der Waals surface area contributed by atoms with E-state index >= 15 is 4.39 Å². The number of benzene rings is 2. The standard InChI is InChI=1S/C32H39FN6O5/c1-3-4-14-43-31-36-29(34)28-30(37-31)39(32(41)35-28)18-23-8-9-24(26(33)16-23)19-38-12-10-21(11-13-38)20-44-25-7-5-6-22(15-25)17-27(40)42-2/h5-9,15-16,21H,3-4,10-14,17-20H2,1-2H3,(H,35,41)(H2,34,36,37). The number of aromatic amines is 1. The lowest BCUT2D eigenvalue weighted by Gasteiger charge is -2.32. The molecule has 2 aromatic carbocycles. The molecule has 3 N–H and O–H groups in total. The molecule has 4 aromatic rings. The number of imidazole rings is 1. The van der Waals surface area contributed by atoms with Gasteiger partial charge in [-0.2, -0.15) is 9.97 Å². The smallest absolute Gasteiger partial charge is 0.328 e. The van der Waals surface area contributed by atoms with Crippen molar-refractivity contribution in [2.24, 2.45) is 5.92 Å². The van der Waals surface area contributed by atoms with Crippen LogP contribution in [0.4, 0.5) is 10.2 Å². The van der Waals surface area contributed by atoms with E-state index in [1.165, 1.54) is 17.7 Å². The molecule has 0 saturated carbocycles. The second-order valence-electron chi connectivity index (χ2n) is 11.2. The number of nitrogens with two attached hydrogens (primary N) is 1. The highest BCUT2D eigenvalue weighted by Gasteiger charge is 2.21. The van der Waals surface area contributed by atoms with Crippen molar-refractivity contribution >= 4 is 23.0 Å². The molecule has 44 heavy (non-hydrogen) atoms. The van der Waals surface area contributed by atoms with Gasteiger partial charge in [0.15, 0.2) is 11.5 Å². The number of H-pyrrole nitrogens is 1. The highest BCUT2D eigenvalue weighted by atomic mass is 19.1. The minimum atomic E-state index is -0.406. The van der Waals surface area contributed by atoms with E-state index in [4.69, 9.17) is 19.9 Å². The number of carbonyl (C=O) groups is 1. The third kappa shape index (κ3) is 7.73. The number of nitrogens with one attached hydrogen (secondary N) is 1. The summed E-state index contributed by atoms with van der Waals surface area (Å²) in [4.78, 5) is 37.7. The van der Waals surface area contributed by atoms with Gasteiger partial charge in [0.1, 0.15) is 17.1 Å². The number of fused-ring (bicyclic) bond motifs is 1. The van der Waals surface area contributed by atoms with Gasteiger partial charge in [-0.1, -0.05) is 37.6 Å². The van der Waals surface area contributed by atoms with Crippen LogP contribution in [-0.4, -0.2) is 63.8 Å². The Morgan fingerprint density at radius 2 is 1.91 bits per heavy atom. The predicted molar refractivity (Wildman–Crippen MR) is 164 cm³/mol. The average Bonchev–Trinajstić information content (AvgIpc) is 3.33. The van der Waals surface area contributed by atoms with Gasteiger partial charge in [-0.15, -0.1) is 0 Å². The molecule has 11 nitrogen and oxygen atoms in total. The number of hydrogen-bond donors (Lipinski definition) is 2. The van der Waals surface area contributed by atoms with Gasteiger partial charge in [-0.25, -0.2) is 9.18 Å². The van der Waals surface area contributed by atoms with Crippen LogP contribution in [0, 0.1) is 11.7 Å². The summed E-state index contributed by atoms with van der Waals surface area (Å²) in [5.41, 5.74) is 8.38. The number of nitrogens with zero attached hydrogens (tertiary/aromatic N) is 4. The Labute approximate surface area is 255 Å². The maximum Gasteiger partial charge on any atom is 0.328 e. The van der Waals surface area contributed by atoms with Crippen molar-refractivity contribution < 1.29 is 23.4 Å². The molecule has 3 heterocycles. The minimum Gasteiger partial charge on any atom is -0.493 e. The first-order valence-corrected chi connectivity index (χ1v) is 15.0. The molecule has 0 amide bonds. The van der Waals surface area contributed by atoms with E-state index in [1.807, 2.05) is 30.3 Å². The maximum absolute atomic E-state index is 15.2. The number of carbonyl (C=O) groups excluding carboxylic acids is 1. The molecule has 0 bridgehead atoms. The second kappa shape index (κ2) is 14.3. The van der Waals surface area contributed by atoms with Gasteiger partial charge in [0, 0.05) is 12.1 Å². The zero-order chi connectivity index (χ0) is 31.1.